The van der Waals surface area contributed by atoms with Crippen molar-refractivity contribution in [3.8, 4) is 0 Å². The fraction of sp³-hybridized carbons (Fsp3) is 0.300. The number of benzene rings is 1. The van der Waals surface area contributed by atoms with E-state index in [2.05, 4.69) is 10.9 Å². The third-order valence-corrected chi connectivity index (χ3v) is 2.51. The average molecular weight is 212 g/mol. The summed E-state index contributed by atoms with van der Waals surface area (Å²) >= 11 is 0. The van der Waals surface area contributed by atoms with Crippen LogP contribution in [0.5, 0.6) is 0 Å². The summed E-state index contributed by atoms with van der Waals surface area (Å²) in [5.74, 6) is -2.17. The van der Waals surface area contributed by atoms with Crippen LogP contribution in [0.4, 0.5) is 8.78 Å². The first kappa shape index (κ1) is 10.2. The van der Waals surface area contributed by atoms with Gasteiger partial charge in [0.1, 0.15) is 6.29 Å². The highest BCUT2D eigenvalue weighted by Crippen LogP contribution is 2.26. The average Bonchev–Trinajstić information content (AvgIpc) is 2.70. The molecule has 3 nitrogen and oxygen atoms in total. The van der Waals surface area contributed by atoms with Gasteiger partial charge in [-0.2, -0.15) is 0 Å². The molecule has 1 aliphatic heterocycles. The van der Waals surface area contributed by atoms with E-state index in [4.69, 9.17) is 0 Å². The molecule has 0 spiro atoms. The quantitative estimate of drug-likeness (QED) is 0.716. The van der Waals surface area contributed by atoms with E-state index in [-0.39, 0.29) is 11.5 Å². The summed E-state index contributed by atoms with van der Waals surface area (Å²) in [4.78, 5) is 10.7. The van der Waals surface area contributed by atoms with Crippen LogP contribution in [0, 0.1) is 17.6 Å². The molecule has 0 aliphatic carbocycles. The minimum atomic E-state index is -0.898. The number of nitrogens with one attached hydrogen (secondary N) is 2. The largest absolute Gasteiger partial charge is 0.303 e. The molecule has 0 aromatic heterocycles. The number of halogens is 2. The Labute approximate surface area is 85.4 Å². The molecule has 1 aliphatic rings. The second-order valence-corrected chi connectivity index (χ2v) is 3.45. The third kappa shape index (κ3) is 1.75. The number of carbonyl (C=O) groups excluding carboxylic acids is 1. The Bertz CT molecular complexity index is 384. The molecule has 0 radical (unpaired) electrons. The van der Waals surface area contributed by atoms with Gasteiger partial charge in [-0.05, 0) is 6.07 Å². The van der Waals surface area contributed by atoms with Crippen molar-refractivity contribution in [1.82, 2.24) is 10.9 Å². The van der Waals surface area contributed by atoms with Gasteiger partial charge < -0.3 is 4.79 Å². The van der Waals surface area contributed by atoms with Gasteiger partial charge in [0, 0.05) is 18.0 Å². The molecule has 2 N–H and O–H groups in total. The summed E-state index contributed by atoms with van der Waals surface area (Å²) in [6, 6.07) is 3.45. The summed E-state index contributed by atoms with van der Waals surface area (Å²) in [6.07, 6.45) is 0.738. The summed E-state index contributed by atoms with van der Waals surface area (Å²) in [6.45, 7) is 0.421. The zero-order valence-corrected chi connectivity index (χ0v) is 7.84. The van der Waals surface area contributed by atoms with E-state index in [1.807, 2.05) is 0 Å². The topological polar surface area (TPSA) is 41.1 Å². The van der Waals surface area contributed by atoms with Gasteiger partial charge in [0.05, 0.1) is 6.04 Å². The molecule has 1 aromatic rings. The van der Waals surface area contributed by atoms with Crippen molar-refractivity contribution >= 4 is 6.29 Å². The fourth-order valence-corrected chi connectivity index (χ4v) is 1.71. The number of aldehydes is 1. The first-order valence-electron chi connectivity index (χ1n) is 4.61. The molecule has 5 heteroatoms. The minimum Gasteiger partial charge on any atom is -0.303 e. The Kier molecular flexibility index (Phi) is 2.75. The molecule has 1 fully saturated rings. The second-order valence-electron chi connectivity index (χ2n) is 3.45. The summed E-state index contributed by atoms with van der Waals surface area (Å²) < 4.78 is 26.4. The van der Waals surface area contributed by atoms with Crippen molar-refractivity contribution in [1.29, 1.82) is 0 Å². The summed E-state index contributed by atoms with van der Waals surface area (Å²) in [5.41, 5.74) is 5.68. The monoisotopic (exact) mass is 212 g/mol. The van der Waals surface area contributed by atoms with E-state index in [1.165, 1.54) is 12.1 Å². The Balaban J connectivity index is 2.36. The van der Waals surface area contributed by atoms with Crippen LogP contribution < -0.4 is 10.9 Å². The molecule has 15 heavy (non-hydrogen) atoms. The van der Waals surface area contributed by atoms with Crippen LogP contribution in [0.15, 0.2) is 18.2 Å². The number of hydrogen-bond acceptors (Lipinski definition) is 3. The Morgan fingerprint density at radius 3 is 2.93 bits per heavy atom. The van der Waals surface area contributed by atoms with Crippen LogP contribution >= 0.6 is 0 Å². The zero-order chi connectivity index (χ0) is 10.8. The summed E-state index contributed by atoms with van der Waals surface area (Å²) in [5, 5.41) is 0. The number of hydrogen-bond donors (Lipinski definition) is 2. The predicted octanol–water partition coefficient (Wildman–Crippen LogP) is 0.929. The maximum Gasteiger partial charge on any atom is 0.163 e. The van der Waals surface area contributed by atoms with Gasteiger partial charge in [-0.15, -0.1) is 0 Å². The normalized spacial score (nSPS) is 25.5. The molecule has 2 atom stereocenters. The van der Waals surface area contributed by atoms with E-state index in [0.717, 1.165) is 12.4 Å². The molecule has 0 saturated carbocycles. The lowest BCUT2D eigenvalue weighted by Crippen LogP contribution is -2.26. The molecule has 1 saturated heterocycles. The Morgan fingerprint density at radius 2 is 2.20 bits per heavy atom. The van der Waals surface area contributed by atoms with Crippen LogP contribution in [0.25, 0.3) is 0 Å². The van der Waals surface area contributed by atoms with Gasteiger partial charge in [-0.1, -0.05) is 12.1 Å². The maximum atomic E-state index is 13.4. The van der Waals surface area contributed by atoms with Crippen molar-refractivity contribution in [2.75, 3.05) is 6.54 Å². The van der Waals surface area contributed by atoms with Gasteiger partial charge in [-0.3, -0.25) is 5.43 Å². The standard InChI is InChI=1S/C10H10F2N2O/c11-8-3-1-2-7(9(8)12)10-6(5-15)4-13-14-10/h1-3,5-6,10,13-14H,4H2. The second kappa shape index (κ2) is 4.04. The molecule has 80 valence electrons. The van der Waals surface area contributed by atoms with E-state index in [1.54, 1.807) is 0 Å². The fourth-order valence-electron chi connectivity index (χ4n) is 1.71. The smallest absolute Gasteiger partial charge is 0.163 e. The van der Waals surface area contributed by atoms with Gasteiger partial charge in [-0.25, -0.2) is 14.2 Å². The van der Waals surface area contributed by atoms with Gasteiger partial charge in [0.25, 0.3) is 0 Å². The number of hydrazine groups is 1. The van der Waals surface area contributed by atoms with E-state index < -0.39 is 17.7 Å². The van der Waals surface area contributed by atoms with Crippen molar-refractivity contribution in [3.63, 3.8) is 0 Å². The maximum absolute atomic E-state index is 13.4. The van der Waals surface area contributed by atoms with Crippen molar-refractivity contribution < 1.29 is 13.6 Å². The predicted molar refractivity (Wildman–Crippen MR) is 49.8 cm³/mol. The molecule has 0 bridgehead atoms. The van der Waals surface area contributed by atoms with Gasteiger partial charge in [0.15, 0.2) is 11.6 Å². The van der Waals surface area contributed by atoms with Crippen LogP contribution in [-0.4, -0.2) is 12.8 Å². The Morgan fingerprint density at radius 1 is 1.40 bits per heavy atom. The zero-order valence-electron chi connectivity index (χ0n) is 7.84. The lowest BCUT2D eigenvalue weighted by molar-refractivity contribution is -0.111. The lowest BCUT2D eigenvalue weighted by Gasteiger charge is -2.14. The minimum absolute atomic E-state index is 0.178. The van der Waals surface area contributed by atoms with Crippen LogP contribution in [0.2, 0.25) is 0 Å². The highest BCUT2D eigenvalue weighted by atomic mass is 19.2. The van der Waals surface area contributed by atoms with Gasteiger partial charge >= 0.3 is 0 Å². The van der Waals surface area contributed by atoms with Crippen LogP contribution in [0.1, 0.15) is 11.6 Å². The van der Waals surface area contributed by atoms with E-state index in [0.29, 0.717) is 6.54 Å². The highest BCUT2D eigenvalue weighted by Gasteiger charge is 2.30. The van der Waals surface area contributed by atoms with Crippen molar-refractivity contribution in [2.45, 2.75) is 6.04 Å². The number of carbonyl (C=O) groups is 1. The highest BCUT2D eigenvalue weighted by molar-refractivity contribution is 5.57. The number of rotatable bonds is 2. The van der Waals surface area contributed by atoms with Crippen LogP contribution in [-0.2, 0) is 4.79 Å². The van der Waals surface area contributed by atoms with E-state index in [9.17, 15) is 13.6 Å². The van der Waals surface area contributed by atoms with Crippen molar-refractivity contribution in [2.24, 2.45) is 5.92 Å². The van der Waals surface area contributed by atoms with Crippen LogP contribution in [0.3, 0.4) is 0 Å². The molecular weight excluding hydrogens is 202 g/mol. The van der Waals surface area contributed by atoms with Crippen molar-refractivity contribution in [3.05, 3.63) is 35.4 Å². The molecule has 2 rings (SSSR count). The molecular formula is C10H10F2N2O. The lowest BCUT2D eigenvalue weighted by atomic mass is 9.96. The molecule has 1 heterocycles. The third-order valence-electron chi connectivity index (χ3n) is 2.51. The molecule has 0 amide bonds. The molecule has 1 aromatic carbocycles. The van der Waals surface area contributed by atoms with Gasteiger partial charge in [0.2, 0.25) is 0 Å². The first-order valence-corrected chi connectivity index (χ1v) is 4.61. The molecule has 2 unspecified atom stereocenters. The SMILES string of the molecule is O=CC1CNNC1c1cccc(F)c1F. The van der Waals surface area contributed by atoms with E-state index >= 15 is 0 Å². The first-order chi connectivity index (χ1) is 7.24. The summed E-state index contributed by atoms with van der Waals surface area (Å²) in [7, 11) is 0. The Hall–Kier alpha value is -1.33.